The summed E-state index contributed by atoms with van der Waals surface area (Å²) in [4.78, 5) is 33.2. The van der Waals surface area contributed by atoms with Crippen molar-refractivity contribution in [3.8, 4) is 0 Å². The van der Waals surface area contributed by atoms with E-state index in [2.05, 4.69) is 5.32 Å². The molecule has 0 aromatic heterocycles. The van der Waals surface area contributed by atoms with E-state index in [0.29, 0.717) is 0 Å². The van der Waals surface area contributed by atoms with Gasteiger partial charge in [0.25, 0.3) is 11.6 Å². The van der Waals surface area contributed by atoms with Gasteiger partial charge in [0.05, 0.1) is 4.92 Å². The van der Waals surface area contributed by atoms with Crippen molar-refractivity contribution in [2.24, 2.45) is 5.92 Å². The van der Waals surface area contributed by atoms with Gasteiger partial charge in [-0.15, -0.1) is 0 Å². The Morgan fingerprint density at radius 3 is 2.60 bits per heavy atom. The molecule has 1 aromatic rings. The molecule has 7 nitrogen and oxygen atoms in total. The van der Waals surface area contributed by atoms with Gasteiger partial charge in [-0.1, -0.05) is 11.6 Å². The third-order valence-corrected chi connectivity index (χ3v) is 3.28. The van der Waals surface area contributed by atoms with Crippen molar-refractivity contribution >= 4 is 29.2 Å². The Morgan fingerprint density at radius 1 is 1.45 bits per heavy atom. The first-order valence-electron chi connectivity index (χ1n) is 5.87. The van der Waals surface area contributed by atoms with Crippen LogP contribution in [0, 0.1) is 16.0 Å². The van der Waals surface area contributed by atoms with Crippen molar-refractivity contribution in [2.45, 2.75) is 18.9 Å². The number of hydrogen-bond acceptors (Lipinski definition) is 4. The van der Waals surface area contributed by atoms with Crippen molar-refractivity contribution in [1.82, 2.24) is 5.32 Å². The molecule has 0 spiro atoms. The molecule has 0 heterocycles. The fraction of sp³-hybridized carbons (Fsp3) is 0.333. The van der Waals surface area contributed by atoms with E-state index in [4.69, 9.17) is 16.7 Å². The van der Waals surface area contributed by atoms with E-state index in [9.17, 15) is 19.7 Å². The van der Waals surface area contributed by atoms with E-state index in [1.54, 1.807) is 0 Å². The summed E-state index contributed by atoms with van der Waals surface area (Å²) in [5.41, 5.74) is -0.652. The summed E-state index contributed by atoms with van der Waals surface area (Å²) in [7, 11) is 0. The Kier molecular flexibility index (Phi) is 3.89. The topological polar surface area (TPSA) is 110 Å². The Labute approximate surface area is 118 Å². The van der Waals surface area contributed by atoms with Crippen LogP contribution >= 0.6 is 11.6 Å². The maximum Gasteiger partial charge on any atom is 0.326 e. The molecule has 0 saturated heterocycles. The molecule has 0 aliphatic heterocycles. The summed E-state index contributed by atoms with van der Waals surface area (Å²) in [6.07, 6.45) is 1.44. The summed E-state index contributed by atoms with van der Waals surface area (Å²) < 4.78 is 0. The lowest BCUT2D eigenvalue weighted by Gasteiger charge is -2.13. The van der Waals surface area contributed by atoms with Crippen molar-refractivity contribution < 1.29 is 19.6 Å². The van der Waals surface area contributed by atoms with Gasteiger partial charge in [-0.05, 0) is 30.9 Å². The number of carbonyl (C=O) groups is 2. The number of carbonyl (C=O) groups excluding carboxylic acids is 1. The summed E-state index contributed by atoms with van der Waals surface area (Å²) in [6, 6.07) is 2.60. The summed E-state index contributed by atoms with van der Waals surface area (Å²) in [6.45, 7) is 0. The Morgan fingerprint density at radius 2 is 2.10 bits per heavy atom. The molecule has 1 saturated carbocycles. The normalized spacial score (nSPS) is 15.4. The average Bonchev–Trinajstić information content (AvgIpc) is 3.19. The molecule has 1 amide bonds. The smallest absolute Gasteiger partial charge is 0.326 e. The second-order valence-corrected chi connectivity index (χ2v) is 4.98. The summed E-state index contributed by atoms with van der Waals surface area (Å²) in [5.74, 6) is -2.03. The van der Waals surface area contributed by atoms with E-state index < -0.39 is 28.5 Å². The molecule has 106 valence electrons. The van der Waals surface area contributed by atoms with Crippen LogP contribution in [0.2, 0.25) is 5.02 Å². The zero-order chi connectivity index (χ0) is 14.9. The number of carboxylic acids is 1. The highest BCUT2D eigenvalue weighted by Crippen LogP contribution is 2.33. The summed E-state index contributed by atoms with van der Waals surface area (Å²) >= 11 is 5.65. The standard InChI is InChI=1S/C12H11ClN2O5/c13-7-3-4-8(9(5-7)15(19)20)11(16)14-10(12(17)18)6-1-2-6/h3-6,10H,1-2H2,(H,14,16)(H,17,18). The lowest BCUT2D eigenvalue weighted by Crippen LogP contribution is -2.42. The minimum Gasteiger partial charge on any atom is -0.480 e. The van der Waals surface area contributed by atoms with Crippen molar-refractivity contribution in [2.75, 3.05) is 0 Å². The molecular weight excluding hydrogens is 288 g/mol. The molecule has 20 heavy (non-hydrogen) atoms. The van der Waals surface area contributed by atoms with Gasteiger partial charge in [0.2, 0.25) is 0 Å². The zero-order valence-electron chi connectivity index (χ0n) is 10.2. The van der Waals surface area contributed by atoms with Gasteiger partial charge in [-0.2, -0.15) is 0 Å². The number of nitro groups is 1. The highest BCUT2D eigenvalue weighted by Gasteiger charge is 2.38. The van der Waals surface area contributed by atoms with Crippen LogP contribution in [0.15, 0.2) is 18.2 Å². The molecule has 2 rings (SSSR count). The number of nitrogens with one attached hydrogen (secondary N) is 1. The number of halogens is 1. The number of benzene rings is 1. The Bertz CT molecular complexity index is 585. The fourth-order valence-corrected chi connectivity index (χ4v) is 2.04. The van der Waals surface area contributed by atoms with Crippen LogP contribution < -0.4 is 5.32 Å². The first-order valence-corrected chi connectivity index (χ1v) is 6.25. The predicted octanol–water partition coefficient (Wildman–Crippen LogP) is 1.84. The molecule has 1 aromatic carbocycles. The number of nitro benzene ring substituents is 1. The second kappa shape index (κ2) is 5.46. The number of aliphatic carboxylic acids is 1. The third kappa shape index (κ3) is 3.05. The quantitative estimate of drug-likeness (QED) is 0.636. The largest absolute Gasteiger partial charge is 0.480 e. The second-order valence-electron chi connectivity index (χ2n) is 4.55. The van der Waals surface area contributed by atoms with Gasteiger partial charge >= 0.3 is 5.97 Å². The van der Waals surface area contributed by atoms with Crippen LogP contribution in [-0.4, -0.2) is 27.9 Å². The maximum absolute atomic E-state index is 12.0. The lowest BCUT2D eigenvalue weighted by molar-refractivity contribution is -0.385. The van der Waals surface area contributed by atoms with Crippen molar-refractivity contribution in [3.63, 3.8) is 0 Å². The van der Waals surface area contributed by atoms with Crippen LogP contribution in [-0.2, 0) is 4.79 Å². The van der Waals surface area contributed by atoms with E-state index >= 15 is 0 Å². The molecule has 1 atom stereocenters. The fourth-order valence-electron chi connectivity index (χ4n) is 1.88. The Hall–Kier alpha value is -2.15. The molecule has 1 aliphatic carbocycles. The molecule has 0 bridgehead atoms. The van der Waals surface area contributed by atoms with Crippen LogP contribution in [0.25, 0.3) is 0 Å². The monoisotopic (exact) mass is 298 g/mol. The highest BCUT2D eigenvalue weighted by atomic mass is 35.5. The number of amides is 1. The number of hydrogen-bond donors (Lipinski definition) is 2. The molecule has 2 N–H and O–H groups in total. The number of nitrogens with zero attached hydrogens (tertiary/aromatic N) is 1. The van der Waals surface area contributed by atoms with Gasteiger partial charge in [0, 0.05) is 11.1 Å². The lowest BCUT2D eigenvalue weighted by atomic mass is 10.1. The van der Waals surface area contributed by atoms with Crippen LogP contribution in [0.3, 0.4) is 0 Å². The minimum atomic E-state index is -1.14. The van der Waals surface area contributed by atoms with Gasteiger partial charge in [0.15, 0.2) is 0 Å². The molecule has 1 unspecified atom stereocenters. The van der Waals surface area contributed by atoms with Gasteiger partial charge in [-0.25, -0.2) is 4.79 Å². The molecule has 1 fully saturated rings. The van der Waals surface area contributed by atoms with E-state index in [1.807, 2.05) is 0 Å². The SMILES string of the molecule is O=C(NC(C(=O)O)C1CC1)c1ccc(Cl)cc1[N+](=O)[O-]. The van der Waals surface area contributed by atoms with Gasteiger partial charge < -0.3 is 10.4 Å². The maximum atomic E-state index is 12.0. The van der Waals surface area contributed by atoms with Gasteiger partial charge in [-0.3, -0.25) is 14.9 Å². The molecule has 8 heteroatoms. The van der Waals surface area contributed by atoms with Gasteiger partial charge in [0.1, 0.15) is 11.6 Å². The summed E-state index contributed by atoms with van der Waals surface area (Å²) in [5, 5.41) is 22.4. The first kappa shape index (κ1) is 14.3. The Balaban J connectivity index is 2.24. The first-order chi connectivity index (χ1) is 9.40. The van der Waals surface area contributed by atoms with Crippen LogP contribution in [0.5, 0.6) is 0 Å². The highest BCUT2D eigenvalue weighted by molar-refractivity contribution is 6.31. The van der Waals surface area contributed by atoms with Crippen LogP contribution in [0.4, 0.5) is 5.69 Å². The van der Waals surface area contributed by atoms with Crippen molar-refractivity contribution in [1.29, 1.82) is 0 Å². The van der Waals surface area contributed by atoms with E-state index in [1.165, 1.54) is 12.1 Å². The van der Waals surface area contributed by atoms with E-state index in [0.717, 1.165) is 18.9 Å². The average molecular weight is 299 g/mol. The zero-order valence-corrected chi connectivity index (χ0v) is 11.0. The third-order valence-electron chi connectivity index (χ3n) is 3.05. The molecular formula is C12H11ClN2O5. The van der Waals surface area contributed by atoms with E-state index in [-0.39, 0.29) is 16.5 Å². The minimum absolute atomic E-state index is 0.109. The molecule has 1 aliphatic rings. The van der Waals surface area contributed by atoms with Crippen LogP contribution in [0.1, 0.15) is 23.2 Å². The molecule has 0 radical (unpaired) electrons. The predicted molar refractivity (Wildman–Crippen MR) is 69.7 cm³/mol. The van der Waals surface area contributed by atoms with Crippen molar-refractivity contribution in [3.05, 3.63) is 38.9 Å². The number of carboxylic acid groups (broad SMARTS) is 1. The number of rotatable bonds is 5.